The van der Waals surface area contributed by atoms with Crippen molar-refractivity contribution in [2.75, 3.05) is 6.61 Å². The highest BCUT2D eigenvalue weighted by Crippen LogP contribution is 2.36. The molecule has 0 bridgehead atoms. The molecule has 0 aromatic heterocycles. The van der Waals surface area contributed by atoms with Gasteiger partial charge in [0.2, 0.25) is 0 Å². The van der Waals surface area contributed by atoms with Crippen molar-refractivity contribution in [3.63, 3.8) is 0 Å². The van der Waals surface area contributed by atoms with Gasteiger partial charge in [0, 0.05) is 16.1 Å². The van der Waals surface area contributed by atoms with E-state index < -0.39 is 35.1 Å². The van der Waals surface area contributed by atoms with Crippen molar-refractivity contribution in [3.05, 3.63) is 72.1 Å². The van der Waals surface area contributed by atoms with Gasteiger partial charge in [-0.2, -0.15) is 0 Å². The molecule has 0 fully saturated rings. The van der Waals surface area contributed by atoms with Crippen LogP contribution < -0.4 is 15.7 Å². The number of carbonyl (C=O) groups is 1. The second kappa shape index (κ2) is 11.1. The highest BCUT2D eigenvalue weighted by Gasteiger charge is 2.50. The van der Waals surface area contributed by atoms with Crippen molar-refractivity contribution in [1.29, 1.82) is 0 Å². The number of ether oxygens (including phenoxy) is 1. The first-order chi connectivity index (χ1) is 15.6. The minimum atomic E-state index is -3.92. The van der Waals surface area contributed by atoms with Gasteiger partial charge in [-0.1, -0.05) is 81.4 Å². The summed E-state index contributed by atoms with van der Waals surface area (Å²) in [6.45, 7) is 11.7. The van der Waals surface area contributed by atoms with Crippen LogP contribution in [0.1, 0.15) is 41.5 Å². The Bertz CT molecular complexity index is 1040. The first-order valence-electron chi connectivity index (χ1n) is 11.0. The Morgan fingerprint density at radius 2 is 1.44 bits per heavy atom. The molecule has 0 unspecified atom stereocenters. The monoisotopic (exact) mass is 523 g/mol. The van der Waals surface area contributed by atoms with Crippen molar-refractivity contribution >= 4 is 44.5 Å². The van der Waals surface area contributed by atoms with Crippen LogP contribution in [0.25, 0.3) is 0 Å². The van der Waals surface area contributed by atoms with E-state index in [0.717, 1.165) is 15.8 Å². The van der Waals surface area contributed by atoms with Gasteiger partial charge >= 0.3 is 6.09 Å². The van der Waals surface area contributed by atoms with Gasteiger partial charge in [-0.15, -0.1) is 0 Å². The summed E-state index contributed by atoms with van der Waals surface area (Å²) >= 11 is 0. The van der Waals surface area contributed by atoms with E-state index in [1.807, 2.05) is 36.4 Å². The molecule has 0 heterocycles. The molecule has 0 saturated carbocycles. The van der Waals surface area contributed by atoms with E-state index >= 15 is 0 Å². The molecule has 186 valence electrons. The summed E-state index contributed by atoms with van der Waals surface area (Å²) in [5.41, 5.74) is -0.713. The van der Waals surface area contributed by atoms with E-state index in [4.69, 9.17) is 19.8 Å². The largest absolute Gasteiger partial charge is 0.444 e. The Balaban J connectivity index is 2.50. The number of alkyl carbamates (subject to hydrolysis) is 1. The zero-order chi connectivity index (χ0) is 25.6. The number of hydrogen-bond donors (Lipinski definition) is 1. The summed E-state index contributed by atoms with van der Waals surface area (Å²) in [4.78, 5) is 12.5. The van der Waals surface area contributed by atoms with Crippen LogP contribution in [-0.4, -0.2) is 41.1 Å². The minimum Gasteiger partial charge on any atom is -0.444 e. The topological polar surface area (TPSA) is 81.7 Å². The van der Waals surface area contributed by atoms with Gasteiger partial charge in [0.1, 0.15) is 5.60 Å². The smallest absolute Gasteiger partial charge is 0.408 e. The standard InChI is InChI=1S/C25H34ClNO5SSi/c1-24(2,3)32-23(28)27-20(17-18-33(26,29)30)19-31-34(25(4,5)6,21-13-9-7-10-14-21)22-15-11-8-12-16-22/h7-18,20H,19H2,1-6H3,(H,27,28)/b18-17+/t20-/m1/s1. The molecule has 0 spiro atoms. The zero-order valence-electron chi connectivity index (χ0n) is 20.5. The van der Waals surface area contributed by atoms with Crippen LogP contribution in [0.5, 0.6) is 0 Å². The molecule has 1 N–H and O–H groups in total. The van der Waals surface area contributed by atoms with Crippen LogP contribution in [0.2, 0.25) is 5.04 Å². The first-order valence-corrected chi connectivity index (χ1v) is 15.3. The molecule has 9 heteroatoms. The Hall–Kier alpha value is -2.13. The number of amides is 1. The highest BCUT2D eigenvalue weighted by atomic mass is 35.7. The fraction of sp³-hybridized carbons (Fsp3) is 0.400. The van der Waals surface area contributed by atoms with Gasteiger partial charge in [0.25, 0.3) is 17.4 Å². The van der Waals surface area contributed by atoms with Crippen LogP contribution in [0.15, 0.2) is 72.1 Å². The molecule has 0 radical (unpaired) electrons. The fourth-order valence-electron chi connectivity index (χ4n) is 3.77. The van der Waals surface area contributed by atoms with Crippen LogP contribution in [0, 0.1) is 0 Å². The summed E-state index contributed by atoms with van der Waals surface area (Å²) < 4.78 is 35.3. The van der Waals surface area contributed by atoms with Crippen molar-refractivity contribution in [2.45, 2.75) is 58.2 Å². The molecule has 2 aromatic rings. The predicted molar refractivity (Wildman–Crippen MR) is 141 cm³/mol. The van der Waals surface area contributed by atoms with Crippen LogP contribution in [0.4, 0.5) is 4.79 Å². The summed E-state index contributed by atoms with van der Waals surface area (Å²) in [6, 6.07) is 19.3. The Morgan fingerprint density at radius 1 is 0.971 bits per heavy atom. The van der Waals surface area contributed by atoms with E-state index in [9.17, 15) is 13.2 Å². The summed E-state index contributed by atoms with van der Waals surface area (Å²) in [5, 5.41) is 5.40. The number of hydrogen-bond acceptors (Lipinski definition) is 5. The third-order valence-electron chi connectivity index (χ3n) is 5.07. The molecule has 2 aromatic carbocycles. The summed E-state index contributed by atoms with van der Waals surface area (Å²) in [5.74, 6) is 0. The SMILES string of the molecule is CC(C)(C)OC(=O)N[C@H](/C=C/S(=O)(=O)Cl)CO[Si](c1ccccc1)(c1ccccc1)C(C)(C)C. The normalized spacial score (nSPS) is 14.1. The van der Waals surface area contributed by atoms with Crippen molar-refractivity contribution < 1.29 is 22.4 Å². The van der Waals surface area contributed by atoms with Crippen molar-refractivity contribution in [3.8, 4) is 0 Å². The van der Waals surface area contributed by atoms with Gasteiger partial charge in [0.05, 0.1) is 12.6 Å². The van der Waals surface area contributed by atoms with Gasteiger partial charge in [-0.05, 0) is 42.3 Å². The van der Waals surface area contributed by atoms with Crippen molar-refractivity contribution in [2.24, 2.45) is 0 Å². The third-order valence-corrected chi connectivity index (χ3v) is 10.9. The third kappa shape index (κ3) is 7.97. The highest BCUT2D eigenvalue weighted by molar-refractivity contribution is 8.16. The summed E-state index contributed by atoms with van der Waals surface area (Å²) in [7, 11) is -1.43. The first kappa shape index (κ1) is 28.1. The van der Waals surface area contributed by atoms with Gasteiger partial charge in [-0.25, -0.2) is 13.2 Å². The zero-order valence-corrected chi connectivity index (χ0v) is 23.1. The second-order valence-corrected chi connectivity index (χ2v) is 16.9. The predicted octanol–water partition coefficient (Wildman–Crippen LogP) is 4.54. The van der Waals surface area contributed by atoms with Gasteiger partial charge < -0.3 is 14.5 Å². The number of nitrogens with one attached hydrogen (secondary N) is 1. The Morgan fingerprint density at radius 3 is 1.82 bits per heavy atom. The van der Waals surface area contributed by atoms with Crippen LogP contribution in [0.3, 0.4) is 0 Å². The molecular weight excluding hydrogens is 490 g/mol. The van der Waals surface area contributed by atoms with Gasteiger partial charge in [-0.3, -0.25) is 0 Å². The Kier molecular flexibility index (Phi) is 9.15. The molecule has 0 aliphatic rings. The van der Waals surface area contributed by atoms with E-state index in [0.29, 0.717) is 0 Å². The maximum absolute atomic E-state index is 12.5. The maximum Gasteiger partial charge on any atom is 0.408 e. The van der Waals surface area contributed by atoms with Crippen molar-refractivity contribution in [1.82, 2.24) is 5.32 Å². The lowest BCUT2D eigenvalue weighted by molar-refractivity contribution is 0.0500. The average molecular weight is 524 g/mol. The number of benzene rings is 2. The second-order valence-electron chi connectivity index (χ2n) is 10.0. The molecular formula is C25H34ClNO5SSi. The Labute approximate surface area is 208 Å². The average Bonchev–Trinajstić information content (AvgIpc) is 2.71. The van der Waals surface area contributed by atoms with E-state index in [2.05, 4.69) is 50.4 Å². The van der Waals surface area contributed by atoms with Crippen LogP contribution >= 0.6 is 10.7 Å². The molecule has 1 amide bonds. The van der Waals surface area contributed by atoms with Crippen LogP contribution in [-0.2, 0) is 18.2 Å². The lowest BCUT2D eigenvalue weighted by Crippen LogP contribution is -2.67. The van der Waals surface area contributed by atoms with Gasteiger partial charge in [0.15, 0.2) is 0 Å². The molecule has 6 nitrogen and oxygen atoms in total. The van der Waals surface area contributed by atoms with E-state index in [1.165, 1.54) is 6.08 Å². The molecule has 1 atom stereocenters. The maximum atomic E-state index is 12.5. The number of rotatable bonds is 8. The molecule has 0 aliphatic heterocycles. The van der Waals surface area contributed by atoms with E-state index in [-0.39, 0.29) is 11.6 Å². The molecule has 2 rings (SSSR count). The number of halogens is 1. The lowest BCUT2D eigenvalue weighted by Gasteiger charge is -2.43. The van der Waals surface area contributed by atoms with E-state index in [1.54, 1.807) is 20.8 Å². The molecule has 34 heavy (non-hydrogen) atoms. The molecule has 0 saturated heterocycles. The number of carbonyl (C=O) groups excluding carboxylic acids is 1. The quantitative estimate of drug-likeness (QED) is 0.406. The lowest BCUT2D eigenvalue weighted by atomic mass is 10.2. The fourth-order valence-corrected chi connectivity index (χ4v) is 8.91. The summed E-state index contributed by atoms with van der Waals surface area (Å²) in [6.07, 6.45) is 0.629. The minimum absolute atomic E-state index is 0.0232. The molecule has 0 aliphatic carbocycles.